The van der Waals surface area contributed by atoms with Gasteiger partial charge < -0.3 is 10.4 Å². The average molecular weight is 242 g/mol. The van der Waals surface area contributed by atoms with Crippen LogP contribution >= 0.6 is 11.6 Å². The van der Waals surface area contributed by atoms with Crippen LogP contribution in [0.1, 0.15) is 31.1 Å². The van der Waals surface area contributed by atoms with Crippen LogP contribution in [0, 0.1) is 0 Å². The first kappa shape index (κ1) is 13.0. The van der Waals surface area contributed by atoms with Gasteiger partial charge in [-0.2, -0.15) is 0 Å². The van der Waals surface area contributed by atoms with E-state index in [1.54, 1.807) is 18.2 Å². The maximum absolute atomic E-state index is 11.2. The van der Waals surface area contributed by atoms with Gasteiger partial charge in [0, 0.05) is 16.3 Å². The molecule has 3 nitrogen and oxygen atoms in total. The van der Waals surface area contributed by atoms with Gasteiger partial charge in [0.15, 0.2) is 5.78 Å². The summed E-state index contributed by atoms with van der Waals surface area (Å²) < 4.78 is 0. The lowest BCUT2D eigenvalue weighted by Gasteiger charge is -2.25. The summed E-state index contributed by atoms with van der Waals surface area (Å²) in [5.74, 6) is -0.0349. The van der Waals surface area contributed by atoms with Crippen LogP contribution < -0.4 is 5.32 Å². The van der Waals surface area contributed by atoms with E-state index in [4.69, 9.17) is 16.7 Å². The van der Waals surface area contributed by atoms with E-state index < -0.39 is 5.54 Å². The fourth-order valence-electron chi connectivity index (χ4n) is 1.30. The van der Waals surface area contributed by atoms with Crippen LogP contribution in [0.3, 0.4) is 0 Å². The summed E-state index contributed by atoms with van der Waals surface area (Å²) in [6.07, 6.45) is 0. The molecule has 2 N–H and O–H groups in total. The lowest BCUT2D eigenvalue weighted by atomic mass is 10.1. The van der Waals surface area contributed by atoms with E-state index in [1.807, 2.05) is 13.8 Å². The fourth-order valence-corrected chi connectivity index (χ4v) is 1.53. The van der Waals surface area contributed by atoms with Gasteiger partial charge in [-0.05, 0) is 39.0 Å². The van der Waals surface area contributed by atoms with E-state index in [0.717, 1.165) is 5.69 Å². The number of aliphatic hydroxyl groups excluding tert-OH is 1. The Kier molecular flexibility index (Phi) is 3.94. The monoisotopic (exact) mass is 241 g/mol. The summed E-state index contributed by atoms with van der Waals surface area (Å²) >= 11 is 5.91. The zero-order chi connectivity index (χ0) is 12.3. The Balaban J connectivity index is 3.01. The highest BCUT2D eigenvalue weighted by Gasteiger charge is 2.16. The summed E-state index contributed by atoms with van der Waals surface area (Å²) in [5.41, 5.74) is 0.846. The number of nitrogens with one attached hydrogen (secondary N) is 1. The van der Waals surface area contributed by atoms with Crippen molar-refractivity contribution in [3.63, 3.8) is 0 Å². The largest absolute Gasteiger partial charge is 0.394 e. The molecular weight excluding hydrogens is 226 g/mol. The average Bonchev–Trinajstić information content (AvgIpc) is 2.16. The van der Waals surface area contributed by atoms with Gasteiger partial charge >= 0.3 is 0 Å². The van der Waals surface area contributed by atoms with Crippen molar-refractivity contribution in [2.24, 2.45) is 0 Å². The molecule has 0 amide bonds. The predicted octanol–water partition coefficient (Wildman–Crippen LogP) is 2.73. The molecule has 0 unspecified atom stereocenters. The van der Waals surface area contributed by atoms with Crippen molar-refractivity contribution in [1.82, 2.24) is 0 Å². The second-order valence-corrected chi connectivity index (χ2v) is 4.89. The number of benzene rings is 1. The molecule has 16 heavy (non-hydrogen) atoms. The first-order valence-electron chi connectivity index (χ1n) is 5.04. The minimum Gasteiger partial charge on any atom is -0.394 e. The van der Waals surface area contributed by atoms with Crippen molar-refractivity contribution < 1.29 is 9.90 Å². The van der Waals surface area contributed by atoms with Crippen molar-refractivity contribution >= 4 is 23.1 Å². The molecule has 0 bridgehead atoms. The van der Waals surface area contributed by atoms with Crippen LogP contribution in [-0.2, 0) is 0 Å². The Bertz CT molecular complexity index is 402. The molecule has 1 rings (SSSR count). The van der Waals surface area contributed by atoms with Gasteiger partial charge in [0.25, 0.3) is 0 Å². The van der Waals surface area contributed by atoms with Gasteiger partial charge in [-0.15, -0.1) is 0 Å². The number of hydrogen-bond acceptors (Lipinski definition) is 3. The maximum atomic E-state index is 11.2. The molecule has 0 aliphatic heterocycles. The Morgan fingerprint density at radius 2 is 2.06 bits per heavy atom. The van der Waals surface area contributed by atoms with Crippen LogP contribution in [-0.4, -0.2) is 23.0 Å². The summed E-state index contributed by atoms with van der Waals surface area (Å²) in [6.45, 7) is 5.21. The van der Waals surface area contributed by atoms with Crippen molar-refractivity contribution in [3.8, 4) is 0 Å². The molecule has 4 heteroatoms. The minimum absolute atomic E-state index is 0.00504. The third-order valence-electron chi connectivity index (χ3n) is 2.18. The van der Waals surface area contributed by atoms with Gasteiger partial charge in [0.05, 0.1) is 12.1 Å². The predicted molar refractivity (Wildman–Crippen MR) is 66.2 cm³/mol. The first-order valence-corrected chi connectivity index (χ1v) is 5.42. The summed E-state index contributed by atoms with van der Waals surface area (Å²) in [6, 6.07) is 5.08. The van der Waals surface area contributed by atoms with E-state index in [2.05, 4.69) is 5.32 Å². The van der Waals surface area contributed by atoms with Gasteiger partial charge in [0.2, 0.25) is 0 Å². The van der Waals surface area contributed by atoms with Gasteiger partial charge in [-0.1, -0.05) is 11.6 Å². The number of halogens is 1. The Labute approximate surface area is 100 Å². The van der Waals surface area contributed by atoms with Crippen molar-refractivity contribution in [3.05, 3.63) is 28.8 Å². The molecule has 0 aliphatic rings. The van der Waals surface area contributed by atoms with Crippen LogP contribution in [0.15, 0.2) is 18.2 Å². The molecule has 88 valence electrons. The van der Waals surface area contributed by atoms with Crippen molar-refractivity contribution in [2.45, 2.75) is 26.3 Å². The van der Waals surface area contributed by atoms with E-state index in [9.17, 15) is 4.79 Å². The lowest BCUT2D eigenvalue weighted by Crippen LogP contribution is -2.34. The zero-order valence-corrected chi connectivity index (χ0v) is 10.4. The van der Waals surface area contributed by atoms with Crippen LogP contribution in [0.25, 0.3) is 0 Å². The quantitative estimate of drug-likeness (QED) is 0.797. The molecule has 0 saturated heterocycles. The zero-order valence-electron chi connectivity index (χ0n) is 9.67. The first-order chi connectivity index (χ1) is 7.34. The molecule has 0 heterocycles. The molecular formula is C12H16ClNO2. The highest BCUT2D eigenvalue weighted by atomic mass is 35.5. The third-order valence-corrected chi connectivity index (χ3v) is 2.40. The topological polar surface area (TPSA) is 49.3 Å². The third kappa shape index (κ3) is 3.51. The van der Waals surface area contributed by atoms with Gasteiger partial charge in [0.1, 0.15) is 0 Å². The summed E-state index contributed by atoms with van der Waals surface area (Å²) in [4.78, 5) is 11.2. The molecule has 0 atom stereocenters. The summed E-state index contributed by atoms with van der Waals surface area (Å²) in [7, 11) is 0. The molecule has 0 radical (unpaired) electrons. The molecule has 1 aromatic rings. The molecule has 0 saturated carbocycles. The number of aliphatic hydroxyl groups is 1. The number of carbonyl (C=O) groups is 1. The maximum Gasteiger partial charge on any atom is 0.159 e. The minimum atomic E-state index is -0.446. The Morgan fingerprint density at radius 1 is 1.44 bits per heavy atom. The molecule has 0 fully saturated rings. The molecule has 1 aromatic carbocycles. The van der Waals surface area contributed by atoms with E-state index in [-0.39, 0.29) is 12.4 Å². The number of rotatable bonds is 4. The second-order valence-electron chi connectivity index (χ2n) is 4.45. The second kappa shape index (κ2) is 4.85. The van der Waals surface area contributed by atoms with Crippen molar-refractivity contribution in [1.29, 1.82) is 0 Å². The normalized spacial score (nSPS) is 11.3. The fraction of sp³-hybridized carbons (Fsp3) is 0.417. The summed E-state index contributed by atoms with van der Waals surface area (Å²) in [5, 5.41) is 12.8. The van der Waals surface area contributed by atoms with E-state index >= 15 is 0 Å². The SMILES string of the molecule is CC(=O)c1cc(Cl)cc(NC(C)(C)CO)c1. The lowest BCUT2D eigenvalue weighted by molar-refractivity contribution is 0.101. The smallest absolute Gasteiger partial charge is 0.159 e. The van der Waals surface area contributed by atoms with Crippen LogP contribution in [0.5, 0.6) is 0 Å². The van der Waals surface area contributed by atoms with Crippen LogP contribution in [0.4, 0.5) is 5.69 Å². The number of ketones is 1. The van der Waals surface area contributed by atoms with Crippen LogP contribution in [0.2, 0.25) is 5.02 Å². The Hall–Kier alpha value is -1.06. The van der Waals surface area contributed by atoms with E-state index in [1.165, 1.54) is 6.92 Å². The standard InChI is InChI=1S/C12H16ClNO2/c1-8(16)9-4-10(13)6-11(5-9)14-12(2,3)7-15/h4-6,14-15H,7H2,1-3H3. The van der Waals surface area contributed by atoms with Gasteiger partial charge in [-0.25, -0.2) is 0 Å². The number of hydrogen-bond donors (Lipinski definition) is 2. The number of Topliss-reactive ketones (excluding diaryl/α,β-unsaturated/α-hetero) is 1. The van der Waals surface area contributed by atoms with Crippen molar-refractivity contribution in [2.75, 3.05) is 11.9 Å². The molecule has 0 spiro atoms. The molecule has 0 aromatic heterocycles. The van der Waals surface area contributed by atoms with E-state index in [0.29, 0.717) is 10.6 Å². The highest BCUT2D eigenvalue weighted by Crippen LogP contribution is 2.22. The molecule has 0 aliphatic carbocycles. The highest BCUT2D eigenvalue weighted by molar-refractivity contribution is 6.31. The Morgan fingerprint density at radius 3 is 2.56 bits per heavy atom. The number of anilines is 1. The van der Waals surface area contributed by atoms with Gasteiger partial charge in [-0.3, -0.25) is 4.79 Å². The number of carbonyl (C=O) groups excluding carboxylic acids is 1.